The fraction of sp³-hybridized carbons (Fsp3) is 0.0278. The Morgan fingerprint density at radius 2 is 0.627 bits per heavy atom. The Morgan fingerprint density at radius 1 is 0.253 bits per heavy atom. The highest BCUT2D eigenvalue weighted by molar-refractivity contribution is 6.09. The number of nitrogens with zero attached hydrogens (tertiary/aromatic N) is 3. The van der Waals surface area contributed by atoms with Gasteiger partial charge in [-0.15, -0.1) is 0 Å². The van der Waals surface area contributed by atoms with Crippen molar-refractivity contribution in [1.29, 1.82) is 0 Å². The largest absolute Gasteiger partial charge is 0.309 e. The van der Waals surface area contributed by atoms with Crippen LogP contribution in [-0.2, 0) is 10.8 Å². The third kappa shape index (κ3) is 5.75. The van der Waals surface area contributed by atoms with Crippen LogP contribution in [-0.4, -0.2) is 14.5 Å². The SMILES string of the molecule is c1ccc(-c2cc(-c3ccc(-n4c5ccccc5c5ccccc54)cc3)nc(-c3ccc(-c4ccc5c(c4)C4(c6ccccc6-c6ccccc64)c4ccccc4C54c5ccccc5-c5ccccc54)cc3)n2)cc1. The molecule has 11 aromatic carbocycles. The summed E-state index contributed by atoms with van der Waals surface area (Å²) in [5, 5.41) is 2.50. The van der Waals surface area contributed by atoms with Crippen molar-refractivity contribution in [2.24, 2.45) is 0 Å². The van der Waals surface area contributed by atoms with Crippen molar-refractivity contribution >= 4 is 21.8 Å². The van der Waals surface area contributed by atoms with Crippen molar-refractivity contribution in [2.75, 3.05) is 0 Å². The molecule has 75 heavy (non-hydrogen) atoms. The molecule has 0 saturated carbocycles. The summed E-state index contributed by atoms with van der Waals surface area (Å²) in [6.07, 6.45) is 0. The Balaban J connectivity index is 0.854. The number of benzene rings is 11. The predicted molar refractivity (Wildman–Crippen MR) is 306 cm³/mol. The highest BCUT2D eigenvalue weighted by Gasteiger charge is 2.59. The first-order valence-electron chi connectivity index (χ1n) is 26.0. The van der Waals surface area contributed by atoms with E-state index < -0.39 is 10.8 Å². The monoisotopic (exact) mass is 951 g/mol. The van der Waals surface area contributed by atoms with Gasteiger partial charge >= 0.3 is 0 Å². The second kappa shape index (κ2) is 15.9. The van der Waals surface area contributed by atoms with Crippen LogP contribution in [0.1, 0.15) is 44.5 Å². The average Bonchev–Trinajstić information content (AvgIpc) is 4.15. The Hall–Kier alpha value is -9.70. The van der Waals surface area contributed by atoms with E-state index in [0.29, 0.717) is 5.82 Å². The maximum absolute atomic E-state index is 5.32. The van der Waals surface area contributed by atoms with E-state index in [1.54, 1.807) is 0 Å². The quantitative estimate of drug-likeness (QED) is 0.172. The summed E-state index contributed by atoms with van der Waals surface area (Å²) >= 11 is 0. The second-order valence-corrected chi connectivity index (χ2v) is 20.3. The lowest BCUT2D eigenvalue weighted by molar-refractivity contribution is 0.633. The summed E-state index contributed by atoms with van der Waals surface area (Å²) in [6.45, 7) is 0. The van der Waals surface area contributed by atoms with Crippen LogP contribution in [0.15, 0.2) is 273 Å². The second-order valence-electron chi connectivity index (χ2n) is 20.3. The van der Waals surface area contributed by atoms with Gasteiger partial charge in [0.2, 0.25) is 0 Å². The third-order valence-electron chi connectivity index (χ3n) is 16.7. The molecule has 0 unspecified atom stereocenters. The van der Waals surface area contributed by atoms with Gasteiger partial charge in [-0.1, -0.05) is 237 Å². The number of hydrogen-bond donors (Lipinski definition) is 0. The van der Waals surface area contributed by atoms with E-state index in [9.17, 15) is 0 Å². The summed E-state index contributed by atoms with van der Waals surface area (Å²) in [5.74, 6) is 0.685. The van der Waals surface area contributed by atoms with Crippen LogP contribution in [0.2, 0.25) is 0 Å². The highest BCUT2D eigenvalue weighted by atomic mass is 15.0. The molecule has 2 aromatic heterocycles. The summed E-state index contributed by atoms with van der Waals surface area (Å²) < 4.78 is 2.36. The van der Waals surface area contributed by atoms with Crippen LogP contribution < -0.4 is 0 Å². The average molecular weight is 952 g/mol. The number of fused-ring (bicyclic) bond motifs is 19. The lowest BCUT2D eigenvalue weighted by Gasteiger charge is -2.49. The molecule has 348 valence electrons. The van der Waals surface area contributed by atoms with Gasteiger partial charge in [-0.25, -0.2) is 9.97 Å². The molecule has 3 nitrogen and oxygen atoms in total. The molecule has 3 aliphatic carbocycles. The molecule has 0 aliphatic heterocycles. The fourth-order valence-corrected chi connectivity index (χ4v) is 13.7. The molecule has 16 rings (SSSR count). The zero-order chi connectivity index (χ0) is 49.2. The first-order valence-corrected chi connectivity index (χ1v) is 26.0. The summed E-state index contributed by atoms with van der Waals surface area (Å²) in [6, 6.07) is 101. The molecule has 0 radical (unpaired) electrons. The van der Waals surface area contributed by atoms with Gasteiger partial charge in [0.15, 0.2) is 5.82 Å². The molecular weight excluding hydrogens is 907 g/mol. The van der Waals surface area contributed by atoms with Gasteiger partial charge in [0.25, 0.3) is 0 Å². The first kappa shape index (κ1) is 41.9. The van der Waals surface area contributed by atoms with Gasteiger partial charge in [0.05, 0.1) is 33.3 Å². The van der Waals surface area contributed by atoms with E-state index in [0.717, 1.165) is 39.3 Å². The molecule has 3 heteroatoms. The molecule has 2 spiro atoms. The van der Waals surface area contributed by atoms with E-state index in [1.165, 1.54) is 94.1 Å². The summed E-state index contributed by atoms with van der Waals surface area (Å²) in [5.41, 5.74) is 25.3. The Bertz CT molecular complexity index is 4320. The molecule has 0 bridgehead atoms. The van der Waals surface area contributed by atoms with E-state index in [1.807, 2.05) is 0 Å². The van der Waals surface area contributed by atoms with E-state index in [2.05, 4.69) is 278 Å². The maximum atomic E-state index is 5.32. The van der Waals surface area contributed by atoms with Crippen LogP contribution in [0.5, 0.6) is 0 Å². The molecule has 0 atom stereocenters. The number of rotatable bonds is 5. The molecule has 0 amide bonds. The minimum atomic E-state index is -0.559. The van der Waals surface area contributed by atoms with Crippen LogP contribution >= 0.6 is 0 Å². The predicted octanol–water partition coefficient (Wildman–Crippen LogP) is 17.3. The molecule has 2 heterocycles. The van der Waals surface area contributed by atoms with Crippen molar-refractivity contribution in [2.45, 2.75) is 10.8 Å². The highest BCUT2D eigenvalue weighted by Crippen LogP contribution is 2.67. The van der Waals surface area contributed by atoms with Gasteiger partial charge < -0.3 is 4.57 Å². The Kier molecular flexibility index (Phi) is 8.88. The van der Waals surface area contributed by atoms with E-state index in [-0.39, 0.29) is 0 Å². The number of hydrogen-bond acceptors (Lipinski definition) is 2. The normalized spacial score (nSPS) is 13.8. The van der Waals surface area contributed by atoms with Gasteiger partial charge in [-0.3, -0.25) is 0 Å². The van der Waals surface area contributed by atoms with E-state index >= 15 is 0 Å². The van der Waals surface area contributed by atoms with Crippen LogP contribution in [0.3, 0.4) is 0 Å². The summed E-state index contributed by atoms with van der Waals surface area (Å²) in [7, 11) is 0. The zero-order valence-electron chi connectivity index (χ0n) is 40.8. The van der Waals surface area contributed by atoms with Crippen molar-refractivity contribution < 1.29 is 0 Å². The molecule has 0 saturated heterocycles. The van der Waals surface area contributed by atoms with Gasteiger partial charge in [0.1, 0.15) is 0 Å². The van der Waals surface area contributed by atoms with Crippen LogP contribution in [0.25, 0.3) is 94.8 Å². The number of para-hydroxylation sites is 2. The molecule has 0 N–H and O–H groups in total. The van der Waals surface area contributed by atoms with Crippen LogP contribution in [0, 0.1) is 0 Å². The molecule has 13 aromatic rings. The third-order valence-corrected chi connectivity index (χ3v) is 16.7. The van der Waals surface area contributed by atoms with Crippen molar-refractivity contribution in [3.63, 3.8) is 0 Å². The van der Waals surface area contributed by atoms with Gasteiger partial charge in [-0.05, 0) is 114 Å². The fourth-order valence-electron chi connectivity index (χ4n) is 13.7. The lowest BCUT2D eigenvalue weighted by atomic mass is 9.52. The minimum absolute atomic E-state index is 0.524. The molecule has 3 aliphatic rings. The first-order chi connectivity index (χ1) is 37.2. The molecular formula is C72H45N3. The van der Waals surface area contributed by atoms with Crippen molar-refractivity contribution in [3.05, 3.63) is 317 Å². The van der Waals surface area contributed by atoms with Gasteiger partial charge in [-0.2, -0.15) is 0 Å². The van der Waals surface area contributed by atoms with Crippen molar-refractivity contribution in [3.8, 4) is 73.0 Å². The molecule has 0 fully saturated rings. The Morgan fingerprint density at radius 3 is 1.15 bits per heavy atom. The Labute approximate surface area is 435 Å². The van der Waals surface area contributed by atoms with Crippen molar-refractivity contribution in [1.82, 2.24) is 14.5 Å². The topological polar surface area (TPSA) is 30.7 Å². The number of aromatic nitrogens is 3. The summed E-state index contributed by atoms with van der Waals surface area (Å²) in [4.78, 5) is 10.6. The van der Waals surface area contributed by atoms with Gasteiger partial charge in [0, 0.05) is 33.2 Å². The van der Waals surface area contributed by atoms with Crippen LogP contribution in [0.4, 0.5) is 0 Å². The lowest BCUT2D eigenvalue weighted by Crippen LogP contribution is -2.43. The smallest absolute Gasteiger partial charge is 0.160 e. The minimum Gasteiger partial charge on any atom is -0.309 e. The standard InChI is InChI=1S/C72H45N3/c1-2-18-47(19-3-1)66-45-67(48-38-41-51(42-39-48)75-68-32-16-8-24-56(68)57-25-9-17-33-69(57)75)74-70(73-66)49-36-34-46(35-37-49)50-40-43-64-65(44-50)72(60-28-12-6-22-54(60)55-23-7-13-29-61(55)72)63-31-15-14-30-62(63)71(64)58-26-10-4-20-52(58)53-21-5-11-27-59(53)71/h1-45H. The van der Waals surface area contributed by atoms with E-state index in [4.69, 9.17) is 9.97 Å². The zero-order valence-corrected chi connectivity index (χ0v) is 40.8. The maximum Gasteiger partial charge on any atom is 0.160 e.